The highest BCUT2D eigenvalue weighted by Gasteiger charge is 2.07. The number of hydrogen-bond donors (Lipinski definition) is 2. The Morgan fingerprint density at radius 2 is 2.12 bits per heavy atom. The van der Waals surface area contributed by atoms with E-state index in [-0.39, 0.29) is 0 Å². The minimum atomic E-state index is 0.530. The van der Waals surface area contributed by atoms with Gasteiger partial charge in [0, 0.05) is 28.8 Å². The highest BCUT2D eigenvalue weighted by atomic mass is 14.9. The molecular formula is C15H22N2. The molecule has 2 rings (SSSR count). The molecule has 2 N–H and O–H groups in total. The van der Waals surface area contributed by atoms with Crippen molar-refractivity contribution < 1.29 is 0 Å². The van der Waals surface area contributed by atoms with E-state index in [2.05, 4.69) is 49.3 Å². The van der Waals surface area contributed by atoms with Crippen molar-refractivity contribution in [1.29, 1.82) is 0 Å². The molecule has 0 amide bonds. The summed E-state index contributed by atoms with van der Waals surface area (Å²) >= 11 is 0. The van der Waals surface area contributed by atoms with Gasteiger partial charge in [-0.2, -0.15) is 0 Å². The molecule has 0 fully saturated rings. The number of benzene rings is 1. The van der Waals surface area contributed by atoms with Crippen molar-refractivity contribution in [2.75, 3.05) is 5.32 Å². The fourth-order valence-electron chi connectivity index (χ4n) is 2.12. The highest BCUT2D eigenvalue weighted by Crippen LogP contribution is 2.25. The molecule has 0 saturated carbocycles. The van der Waals surface area contributed by atoms with Crippen LogP contribution in [0.1, 0.15) is 39.2 Å². The second kappa shape index (κ2) is 5.26. The van der Waals surface area contributed by atoms with Crippen LogP contribution in [-0.4, -0.2) is 11.0 Å². The number of hydrogen-bond acceptors (Lipinski definition) is 1. The zero-order valence-corrected chi connectivity index (χ0v) is 11.0. The first-order valence-corrected chi connectivity index (χ1v) is 6.61. The smallest absolute Gasteiger partial charge is 0.0458 e. The van der Waals surface area contributed by atoms with Crippen LogP contribution in [0.5, 0.6) is 0 Å². The number of aryl methyl sites for hydroxylation is 1. The maximum Gasteiger partial charge on any atom is 0.0458 e. The van der Waals surface area contributed by atoms with E-state index < -0.39 is 0 Å². The summed E-state index contributed by atoms with van der Waals surface area (Å²) in [4.78, 5) is 3.29. The predicted molar refractivity (Wildman–Crippen MR) is 75.7 cm³/mol. The molecule has 92 valence electrons. The van der Waals surface area contributed by atoms with Crippen molar-refractivity contribution >= 4 is 16.6 Å². The summed E-state index contributed by atoms with van der Waals surface area (Å²) in [6, 6.07) is 7.21. The number of H-pyrrole nitrogens is 1. The van der Waals surface area contributed by atoms with Gasteiger partial charge in [0.2, 0.25) is 0 Å². The normalized spacial score (nSPS) is 12.9. The molecule has 1 unspecified atom stereocenters. The van der Waals surface area contributed by atoms with E-state index in [0.717, 1.165) is 12.8 Å². The summed E-state index contributed by atoms with van der Waals surface area (Å²) in [5.41, 5.74) is 3.96. The van der Waals surface area contributed by atoms with E-state index in [0.29, 0.717) is 6.04 Å². The fourth-order valence-corrected chi connectivity index (χ4v) is 2.12. The first kappa shape index (κ1) is 12.0. The Bertz CT molecular complexity index is 485. The average Bonchev–Trinajstić information content (AvgIpc) is 2.76. The first-order chi connectivity index (χ1) is 8.24. The van der Waals surface area contributed by atoms with Crippen LogP contribution in [0.15, 0.2) is 24.4 Å². The molecule has 0 bridgehead atoms. The number of anilines is 1. The lowest BCUT2D eigenvalue weighted by Crippen LogP contribution is -2.14. The monoisotopic (exact) mass is 230 g/mol. The van der Waals surface area contributed by atoms with E-state index >= 15 is 0 Å². The zero-order valence-electron chi connectivity index (χ0n) is 11.0. The summed E-state index contributed by atoms with van der Waals surface area (Å²) in [6.45, 7) is 6.68. The van der Waals surface area contributed by atoms with E-state index in [9.17, 15) is 0 Å². The topological polar surface area (TPSA) is 27.8 Å². The van der Waals surface area contributed by atoms with Crippen LogP contribution in [0.25, 0.3) is 10.9 Å². The molecule has 0 aliphatic heterocycles. The molecule has 0 radical (unpaired) electrons. The van der Waals surface area contributed by atoms with Gasteiger partial charge in [-0.05, 0) is 43.5 Å². The van der Waals surface area contributed by atoms with Crippen molar-refractivity contribution in [3.63, 3.8) is 0 Å². The lowest BCUT2D eigenvalue weighted by Gasteiger charge is -2.17. The van der Waals surface area contributed by atoms with Crippen LogP contribution in [-0.2, 0) is 6.42 Å². The van der Waals surface area contributed by atoms with Gasteiger partial charge in [0.25, 0.3) is 0 Å². The lowest BCUT2D eigenvalue weighted by atomic mass is 10.0. The molecule has 0 spiro atoms. The maximum absolute atomic E-state index is 3.61. The lowest BCUT2D eigenvalue weighted by molar-refractivity contribution is 0.761. The maximum atomic E-state index is 3.61. The summed E-state index contributed by atoms with van der Waals surface area (Å²) < 4.78 is 0. The fraction of sp³-hybridized carbons (Fsp3) is 0.467. The number of rotatable bonds is 5. The Morgan fingerprint density at radius 3 is 2.82 bits per heavy atom. The largest absolute Gasteiger partial charge is 0.382 e. The minimum Gasteiger partial charge on any atom is -0.382 e. The van der Waals surface area contributed by atoms with Crippen molar-refractivity contribution in [2.24, 2.45) is 0 Å². The van der Waals surface area contributed by atoms with Crippen LogP contribution in [0, 0.1) is 0 Å². The summed E-state index contributed by atoms with van der Waals surface area (Å²) in [5, 5.41) is 4.90. The SMILES string of the molecule is CCCc1cc2[nH]ccc2cc1NC(C)CC. The Labute approximate surface area is 103 Å². The highest BCUT2D eigenvalue weighted by molar-refractivity contribution is 5.84. The van der Waals surface area contributed by atoms with Gasteiger partial charge < -0.3 is 10.3 Å². The molecule has 0 aliphatic carbocycles. The van der Waals surface area contributed by atoms with Gasteiger partial charge >= 0.3 is 0 Å². The molecule has 2 aromatic rings. The number of aromatic nitrogens is 1. The second-order valence-corrected chi connectivity index (χ2v) is 4.78. The Kier molecular flexibility index (Phi) is 3.72. The predicted octanol–water partition coefficient (Wildman–Crippen LogP) is 4.33. The van der Waals surface area contributed by atoms with Crippen molar-refractivity contribution in [1.82, 2.24) is 4.98 Å². The van der Waals surface area contributed by atoms with Gasteiger partial charge in [-0.25, -0.2) is 0 Å². The third-order valence-corrected chi connectivity index (χ3v) is 3.31. The number of nitrogens with one attached hydrogen (secondary N) is 2. The van der Waals surface area contributed by atoms with E-state index in [1.165, 1.54) is 28.6 Å². The van der Waals surface area contributed by atoms with Gasteiger partial charge in [0.05, 0.1) is 0 Å². The third kappa shape index (κ3) is 2.63. The van der Waals surface area contributed by atoms with E-state index in [1.807, 2.05) is 6.20 Å². The van der Waals surface area contributed by atoms with Gasteiger partial charge in [-0.1, -0.05) is 20.3 Å². The van der Waals surface area contributed by atoms with Gasteiger partial charge in [-0.3, -0.25) is 0 Å². The summed E-state index contributed by atoms with van der Waals surface area (Å²) in [6.07, 6.45) is 5.47. The number of aromatic amines is 1. The molecule has 1 aromatic carbocycles. The molecule has 1 atom stereocenters. The first-order valence-electron chi connectivity index (χ1n) is 6.61. The van der Waals surface area contributed by atoms with Crippen molar-refractivity contribution in [2.45, 2.75) is 46.1 Å². The molecule has 2 nitrogen and oxygen atoms in total. The molecule has 2 heteroatoms. The second-order valence-electron chi connectivity index (χ2n) is 4.78. The molecule has 0 aliphatic rings. The molecule has 17 heavy (non-hydrogen) atoms. The summed E-state index contributed by atoms with van der Waals surface area (Å²) in [7, 11) is 0. The molecule has 1 heterocycles. The van der Waals surface area contributed by atoms with Crippen LogP contribution in [0.2, 0.25) is 0 Å². The van der Waals surface area contributed by atoms with Crippen LogP contribution < -0.4 is 5.32 Å². The number of fused-ring (bicyclic) bond motifs is 1. The summed E-state index contributed by atoms with van der Waals surface area (Å²) in [5.74, 6) is 0. The average molecular weight is 230 g/mol. The van der Waals surface area contributed by atoms with E-state index in [1.54, 1.807) is 0 Å². The molecular weight excluding hydrogens is 208 g/mol. The van der Waals surface area contributed by atoms with Crippen LogP contribution in [0.4, 0.5) is 5.69 Å². The molecule has 0 saturated heterocycles. The standard InChI is InChI=1S/C15H22N2/c1-4-6-12-9-14-13(7-8-16-14)10-15(12)17-11(3)5-2/h7-11,16-17H,4-6H2,1-3H3. The Balaban J connectivity index is 2.38. The van der Waals surface area contributed by atoms with Gasteiger partial charge in [0.15, 0.2) is 0 Å². The zero-order chi connectivity index (χ0) is 12.3. The van der Waals surface area contributed by atoms with Gasteiger partial charge in [-0.15, -0.1) is 0 Å². The van der Waals surface area contributed by atoms with Crippen LogP contribution in [0.3, 0.4) is 0 Å². The van der Waals surface area contributed by atoms with Gasteiger partial charge in [0.1, 0.15) is 0 Å². The Morgan fingerprint density at radius 1 is 1.29 bits per heavy atom. The van der Waals surface area contributed by atoms with Crippen molar-refractivity contribution in [3.05, 3.63) is 30.0 Å². The van der Waals surface area contributed by atoms with Crippen molar-refractivity contribution in [3.8, 4) is 0 Å². The quantitative estimate of drug-likeness (QED) is 0.786. The Hall–Kier alpha value is -1.44. The van der Waals surface area contributed by atoms with E-state index in [4.69, 9.17) is 0 Å². The third-order valence-electron chi connectivity index (χ3n) is 3.31. The van der Waals surface area contributed by atoms with Crippen LogP contribution >= 0.6 is 0 Å². The molecule has 1 aromatic heterocycles. The minimum absolute atomic E-state index is 0.530.